The lowest BCUT2D eigenvalue weighted by Gasteiger charge is -2.17. The van der Waals surface area contributed by atoms with E-state index in [1.807, 2.05) is 28.7 Å². The third kappa shape index (κ3) is 3.47. The van der Waals surface area contributed by atoms with Crippen molar-refractivity contribution in [2.24, 2.45) is 5.92 Å². The molecule has 0 aromatic carbocycles. The highest BCUT2D eigenvalue weighted by Crippen LogP contribution is 2.20. The molecule has 2 aromatic rings. The second-order valence-corrected chi connectivity index (χ2v) is 7.88. The highest BCUT2D eigenvalue weighted by molar-refractivity contribution is 7.98. The number of likely N-dealkylation sites (tertiary alicyclic amines) is 1. The van der Waals surface area contributed by atoms with Gasteiger partial charge in [0.15, 0.2) is 5.16 Å². The number of aromatic nitrogens is 3. The van der Waals surface area contributed by atoms with E-state index < -0.39 is 0 Å². The van der Waals surface area contributed by atoms with Gasteiger partial charge in [0.05, 0.1) is 5.52 Å². The minimum atomic E-state index is -0.0506. The topological polar surface area (TPSA) is 60.1 Å². The molecule has 1 aliphatic rings. The van der Waals surface area contributed by atoms with Crippen molar-refractivity contribution in [2.75, 3.05) is 19.3 Å². The van der Waals surface area contributed by atoms with Gasteiger partial charge in [-0.05, 0) is 38.0 Å². The summed E-state index contributed by atoms with van der Waals surface area (Å²) in [5.41, 5.74) is 2.08. The van der Waals surface area contributed by atoms with Crippen LogP contribution in [0.3, 0.4) is 0 Å². The maximum Gasteiger partial charge on any atom is 0.278 e. The Balaban J connectivity index is 2.08. The molecular weight excluding hydrogens is 336 g/mol. The highest BCUT2D eigenvalue weighted by Gasteiger charge is 2.22. The molecular formula is C18H26N4O2S. The second-order valence-electron chi connectivity index (χ2n) is 7.10. The summed E-state index contributed by atoms with van der Waals surface area (Å²) in [5.74, 6) is 0.431. The molecule has 1 saturated heterocycles. The maximum atomic E-state index is 13.1. The third-order valence-electron chi connectivity index (χ3n) is 4.66. The first-order chi connectivity index (χ1) is 11.9. The van der Waals surface area contributed by atoms with Gasteiger partial charge in [-0.1, -0.05) is 25.6 Å². The standard InChI is InChI=1S/C18H26N4O2S/c1-12(2)10-22-17(24)16-14(19-18(22)25-4)9-13(3)21(16)11-15(23)20-7-5-6-8-20/h9,12H,5-8,10-11H2,1-4H3. The van der Waals surface area contributed by atoms with Crippen molar-refractivity contribution in [3.8, 4) is 0 Å². The van der Waals surface area contributed by atoms with E-state index in [4.69, 9.17) is 0 Å². The predicted octanol–water partition coefficient (Wildman–Crippen LogP) is 2.51. The summed E-state index contributed by atoms with van der Waals surface area (Å²) in [6, 6.07) is 1.91. The Morgan fingerprint density at radius 1 is 1.28 bits per heavy atom. The Morgan fingerprint density at radius 2 is 1.96 bits per heavy atom. The van der Waals surface area contributed by atoms with Gasteiger partial charge >= 0.3 is 0 Å². The monoisotopic (exact) mass is 362 g/mol. The van der Waals surface area contributed by atoms with Crippen molar-refractivity contribution in [3.05, 3.63) is 22.1 Å². The van der Waals surface area contributed by atoms with E-state index in [0.717, 1.165) is 36.8 Å². The third-order valence-corrected chi connectivity index (χ3v) is 5.34. The van der Waals surface area contributed by atoms with E-state index in [0.29, 0.717) is 23.5 Å². The van der Waals surface area contributed by atoms with Crippen molar-refractivity contribution in [1.29, 1.82) is 0 Å². The van der Waals surface area contributed by atoms with Crippen LogP contribution in [0.4, 0.5) is 0 Å². The number of carbonyl (C=O) groups is 1. The minimum Gasteiger partial charge on any atom is -0.341 e. The molecule has 3 heterocycles. The highest BCUT2D eigenvalue weighted by atomic mass is 32.2. The van der Waals surface area contributed by atoms with E-state index in [1.54, 1.807) is 4.57 Å². The smallest absolute Gasteiger partial charge is 0.278 e. The molecule has 6 nitrogen and oxygen atoms in total. The van der Waals surface area contributed by atoms with Crippen LogP contribution in [0, 0.1) is 12.8 Å². The molecule has 0 radical (unpaired) electrons. The summed E-state index contributed by atoms with van der Waals surface area (Å²) in [6.45, 7) is 8.59. The molecule has 0 saturated carbocycles. The van der Waals surface area contributed by atoms with Gasteiger partial charge in [0.25, 0.3) is 5.56 Å². The fourth-order valence-corrected chi connectivity index (χ4v) is 4.00. The molecule has 25 heavy (non-hydrogen) atoms. The number of nitrogens with zero attached hydrogens (tertiary/aromatic N) is 4. The van der Waals surface area contributed by atoms with Crippen molar-refractivity contribution in [1.82, 2.24) is 19.0 Å². The first kappa shape index (κ1) is 18.0. The second kappa shape index (κ2) is 7.23. The Kier molecular flexibility index (Phi) is 5.22. The van der Waals surface area contributed by atoms with Crippen LogP contribution in [-0.4, -0.2) is 44.3 Å². The fraction of sp³-hybridized carbons (Fsp3) is 0.611. The molecule has 1 aliphatic heterocycles. The number of rotatable bonds is 5. The normalized spacial score (nSPS) is 14.8. The largest absolute Gasteiger partial charge is 0.341 e. The van der Waals surface area contributed by atoms with Crippen LogP contribution in [0.5, 0.6) is 0 Å². The van der Waals surface area contributed by atoms with Crippen LogP contribution in [0.25, 0.3) is 11.0 Å². The molecule has 0 unspecified atom stereocenters. The zero-order valence-electron chi connectivity index (χ0n) is 15.4. The first-order valence-electron chi connectivity index (χ1n) is 8.84. The number of thioether (sulfide) groups is 1. The molecule has 0 N–H and O–H groups in total. The molecule has 3 rings (SSSR count). The summed E-state index contributed by atoms with van der Waals surface area (Å²) in [7, 11) is 0. The quantitative estimate of drug-likeness (QED) is 0.606. The number of fused-ring (bicyclic) bond motifs is 1. The summed E-state index contributed by atoms with van der Waals surface area (Å²) >= 11 is 1.48. The fourth-order valence-electron chi connectivity index (χ4n) is 3.43. The maximum absolute atomic E-state index is 13.1. The van der Waals surface area contributed by atoms with Gasteiger partial charge in [-0.3, -0.25) is 14.2 Å². The lowest BCUT2D eigenvalue weighted by Crippen LogP contribution is -2.33. The predicted molar refractivity (Wildman–Crippen MR) is 101 cm³/mol. The average Bonchev–Trinajstić information content (AvgIpc) is 3.18. The van der Waals surface area contributed by atoms with Crippen LogP contribution in [0.15, 0.2) is 16.0 Å². The molecule has 0 spiro atoms. The number of hydrogen-bond acceptors (Lipinski definition) is 4. The van der Waals surface area contributed by atoms with Crippen LogP contribution < -0.4 is 5.56 Å². The SMILES string of the molecule is CSc1nc2cc(C)n(CC(=O)N3CCCC3)c2c(=O)n1CC(C)C. The van der Waals surface area contributed by atoms with E-state index in [2.05, 4.69) is 18.8 Å². The Hall–Kier alpha value is -1.76. The summed E-state index contributed by atoms with van der Waals surface area (Å²) in [4.78, 5) is 32.3. The Bertz CT molecular complexity index is 847. The number of hydrogen-bond donors (Lipinski definition) is 0. The molecule has 7 heteroatoms. The Morgan fingerprint density at radius 3 is 2.56 bits per heavy atom. The zero-order chi connectivity index (χ0) is 18.1. The van der Waals surface area contributed by atoms with E-state index >= 15 is 0 Å². The summed E-state index contributed by atoms with van der Waals surface area (Å²) < 4.78 is 3.58. The molecule has 1 fully saturated rings. The molecule has 0 aliphatic carbocycles. The van der Waals surface area contributed by atoms with Crippen molar-refractivity contribution < 1.29 is 4.79 Å². The summed E-state index contributed by atoms with van der Waals surface area (Å²) in [6.07, 6.45) is 4.07. The van der Waals surface area contributed by atoms with Crippen LogP contribution in [0.1, 0.15) is 32.4 Å². The van der Waals surface area contributed by atoms with Gasteiger partial charge in [0.2, 0.25) is 5.91 Å². The molecule has 0 bridgehead atoms. The minimum absolute atomic E-state index is 0.0506. The van der Waals surface area contributed by atoms with Gasteiger partial charge < -0.3 is 9.47 Å². The lowest BCUT2D eigenvalue weighted by atomic mass is 10.2. The zero-order valence-corrected chi connectivity index (χ0v) is 16.2. The van der Waals surface area contributed by atoms with E-state index in [-0.39, 0.29) is 18.0 Å². The van der Waals surface area contributed by atoms with Gasteiger partial charge in [0, 0.05) is 25.3 Å². The van der Waals surface area contributed by atoms with Crippen LogP contribution >= 0.6 is 11.8 Å². The molecule has 1 amide bonds. The van der Waals surface area contributed by atoms with E-state index in [1.165, 1.54) is 11.8 Å². The molecule has 0 atom stereocenters. The number of amides is 1. The van der Waals surface area contributed by atoms with Crippen LogP contribution in [-0.2, 0) is 17.9 Å². The van der Waals surface area contributed by atoms with Crippen molar-refractivity contribution >= 4 is 28.7 Å². The van der Waals surface area contributed by atoms with Crippen molar-refractivity contribution in [2.45, 2.75) is 51.9 Å². The number of aryl methyl sites for hydroxylation is 1. The van der Waals surface area contributed by atoms with Gasteiger partial charge in [-0.15, -0.1) is 0 Å². The van der Waals surface area contributed by atoms with Gasteiger partial charge in [-0.2, -0.15) is 0 Å². The van der Waals surface area contributed by atoms with Crippen LogP contribution in [0.2, 0.25) is 0 Å². The van der Waals surface area contributed by atoms with Gasteiger partial charge in [-0.25, -0.2) is 4.98 Å². The van der Waals surface area contributed by atoms with E-state index in [9.17, 15) is 9.59 Å². The molecule has 136 valence electrons. The summed E-state index contributed by atoms with van der Waals surface area (Å²) in [5, 5.41) is 0.731. The Labute approximate surface area is 152 Å². The number of carbonyl (C=O) groups excluding carboxylic acids is 1. The molecule has 2 aromatic heterocycles. The lowest BCUT2D eigenvalue weighted by molar-refractivity contribution is -0.130. The van der Waals surface area contributed by atoms with Gasteiger partial charge in [0.1, 0.15) is 12.1 Å². The first-order valence-corrected chi connectivity index (χ1v) is 10.1. The van der Waals surface area contributed by atoms with Crippen molar-refractivity contribution in [3.63, 3.8) is 0 Å². The average molecular weight is 362 g/mol.